The van der Waals surface area contributed by atoms with Crippen LogP contribution in [0.5, 0.6) is 0 Å². The maximum absolute atomic E-state index is 13.0. The zero-order valence-electron chi connectivity index (χ0n) is 12.3. The second-order valence-electron chi connectivity index (χ2n) is 4.72. The van der Waals surface area contributed by atoms with Crippen molar-refractivity contribution in [2.45, 2.75) is 20.0 Å². The molecule has 0 radical (unpaired) electrons. The average Bonchev–Trinajstić information content (AvgIpc) is 2.96. The fraction of sp³-hybridized carbons (Fsp3) is 0.312. The van der Waals surface area contributed by atoms with E-state index in [0.717, 1.165) is 12.1 Å². The summed E-state index contributed by atoms with van der Waals surface area (Å²) in [5, 5.41) is 0. The standard InChI is InChI=1S/C16H16F3NO2/c1-3-20(4-2)14-7-5-11(16(17,18)19)9-13(14)15-8-6-12(10-21)22-15/h5-10H,3-4H2,1-2H3. The first-order valence-corrected chi connectivity index (χ1v) is 6.92. The quantitative estimate of drug-likeness (QED) is 0.755. The fourth-order valence-electron chi connectivity index (χ4n) is 2.31. The molecule has 0 aliphatic heterocycles. The summed E-state index contributed by atoms with van der Waals surface area (Å²) in [6.45, 7) is 5.14. The highest BCUT2D eigenvalue weighted by Crippen LogP contribution is 2.38. The van der Waals surface area contributed by atoms with Gasteiger partial charge in [0.15, 0.2) is 12.0 Å². The highest BCUT2D eigenvalue weighted by Gasteiger charge is 2.31. The molecule has 0 N–H and O–H groups in total. The Morgan fingerprint density at radius 1 is 1.14 bits per heavy atom. The molecule has 3 nitrogen and oxygen atoms in total. The lowest BCUT2D eigenvalue weighted by Gasteiger charge is -2.24. The maximum atomic E-state index is 13.0. The molecule has 0 fully saturated rings. The van der Waals surface area contributed by atoms with Crippen LogP contribution in [0.1, 0.15) is 30.0 Å². The van der Waals surface area contributed by atoms with Crippen LogP contribution in [0.25, 0.3) is 11.3 Å². The number of anilines is 1. The van der Waals surface area contributed by atoms with Crippen molar-refractivity contribution in [3.8, 4) is 11.3 Å². The molecule has 6 heteroatoms. The van der Waals surface area contributed by atoms with E-state index in [4.69, 9.17) is 4.42 Å². The molecule has 2 aromatic rings. The molecule has 0 atom stereocenters. The minimum Gasteiger partial charge on any atom is -0.453 e. The van der Waals surface area contributed by atoms with Crippen molar-refractivity contribution in [1.29, 1.82) is 0 Å². The third-order valence-corrected chi connectivity index (χ3v) is 3.44. The molecule has 0 aliphatic carbocycles. The first-order chi connectivity index (χ1) is 10.4. The van der Waals surface area contributed by atoms with Crippen LogP contribution in [0.3, 0.4) is 0 Å². The summed E-state index contributed by atoms with van der Waals surface area (Å²) in [4.78, 5) is 12.7. The lowest BCUT2D eigenvalue weighted by molar-refractivity contribution is -0.137. The monoisotopic (exact) mass is 311 g/mol. The van der Waals surface area contributed by atoms with Crippen molar-refractivity contribution in [2.75, 3.05) is 18.0 Å². The zero-order valence-corrected chi connectivity index (χ0v) is 12.3. The molecule has 0 amide bonds. The van der Waals surface area contributed by atoms with Gasteiger partial charge in [-0.2, -0.15) is 13.2 Å². The molecule has 1 aromatic carbocycles. The SMILES string of the molecule is CCN(CC)c1ccc(C(F)(F)F)cc1-c1ccc(C=O)o1. The van der Waals surface area contributed by atoms with Crippen LogP contribution in [0.15, 0.2) is 34.7 Å². The third-order valence-electron chi connectivity index (χ3n) is 3.44. The summed E-state index contributed by atoms with van der Waals surface area (Å²) in [5.41, 5.74) is 0.221. The molecule has 0 saturated carbocycles. The predicted octanol–water partition coefficient (Wildman–Crippen LogP) is 4.62. The van der Waals surface area contributed by atoms with Crippen LogP contribution < -0.4 is 4.90 Å². The van der Waals surface area contributed by atoms with Crippen molar-refractivity contribution in [2.24, 2.45) is 0 Å². The largest absolute Gasteiger partial charge is 0.453 e. The van der Waals surface area contributed by atoms with Crippen molar-refractivity contribution in [3.05, 3.63) is 41.7 Å². The minimum atomic E-state index is -4.43. The van der Waals surface area contributed by atoms with Gasteiger partial charge in [0.25, 0.3) is 0 Å². The van der Waals surface area contributed by atoms with E-state index in [1.807, 2.05) is 18.7 Å². The highest BCUT2D eigenvalue weighted by molar-refractivity contribution is 5.79. The Bertz CT molecular complexity index is 658. The lowest BCUT2D eigenvalue weighted by atomic mass is 10.0. The number of carbonyl (C=O) groups is 1. The van der Waals surface area contributed by atoms with E-state index < -0.39 is 11.7 Å². The summed E-state index contributed by atoms with van der Waals surface area (Å²) in [7, 11) is 0. The molecule has 1 heterocycles. The summed E-state index contributed by atoms with van der Waals surface area (Å²) >= 11 is 0. The van der Waals surface area contributed by atoms with Crippen molar-refractivity contribution in [1.82, 2.24) is 0 Å². The Hall–Kier alpha value is -2.24. The van der Waals surface area contributed by atoms with Crippen LogP contribution in [0.4, 0.5) is 18.9 Å². The summed E-state index contributed by atoms with van der Waals surface area (Å²) in [5.74, 6) is 0.327. The number of aldehydes is 1. The van der Waals surface area contributed by atoms with Crippen molar-refractivity contribution < 1.29 is 22.4 Å². The van der Waals surface area contributed by atoms with Crippen LogP contribution in [-0.4, -0.2) is 19.4 Å². The first-order valence-electron chi connectivity index (χ1n) is 6.92. The normalized spacial score (nSPS) is 11.5. The van der Waals surface area contributed by atoms with E-state index in [1.165, 1.54) is 18.2 Å². The van der Waals surface area contributed by atoms with Gasteiger partial charge < -0.3 is 9.32 Å². The lowest BCUT2D eigenvalue weighted by Crippen LogP contribution is -2.22. The van der Waals surface area contributed by atoms with E-state index in [-0.39, 0.29) is 11.5 Å². The Balaban J connectivity index is 2.61. The molecule has 118 valence electrons. The molecule has 0 saturated heterocycles. The average molecular weight is 311 g/mol. The number of nitrogens with zero attached hydrogens (tertiary/aromatic N) is 1. The van der Waals surface area contributed by atoms with Gasteiger partial charge in [0.1, 0.15) is 5.76 Å². The van der Waals surface area contributed by atoms with E-state index in [1.54, 1.807) is 0 Å². The van der Waals surface area contributed by atoms with E-state index >= 15 is 0 Å². The molecule has 22 heavy (non-hydrogen) atoms. The van der Waals surface area contributed by atoms with E-state index in [0.29, 0.717) is 30.6 Å². The number of carbonyl (C=O) groups excluding carboxylic acids is 1. The number of rotatable bonds is 5. The van der Waals surface area contributed by atoms with E-state index in [9.17, 15) is 18.0 Å². The van der Waals surface area contributed by atoms with Crippen molar-refractivity contribution >= 4 is 12.0 Å². The van der Waals surface area contributed by atoms with Gasteiger partial charge in [-0.25, -0.2) is 0 Å². The zero-order chi connectivity index (χ0) is 16.3. The van der Waals surface area contributed by atoms with Crippen LogP contribution in [-0.2, 0) is 6.18 Å². The first kappa shape index (κ1) is 16.1. The van der Waals surface area contributed by atoms with Crippen molar-refractivity contribution in [3.63, 3.8) is 0 Å². The number of alkyl halides is 3. The van der Waals surface area contributed by atoms with Gasteiger partial charge in [-0.15, -0.1) is 0 Å². The van der Waals surface area contributed by atoms with Gasteiger partial charge in [0, 0.05) is 24.3 Å². The van der Waals surface area contributed by atoms with Gasteiger partial charge in [-0.05, 0) is 44.2 Å². The fourth-order valence-corrected chi connectivity index (χ4v) is 2.31. The Kier molecular flexibility index (Phi) is 4.59. The van der Waals surface area contributed by atoms with Gasteiger partial charge >= 0.3 is 6.18 Å². The summed E-state index contributed by atoms with van der Waals surface area (Å²) in [6.07, 6.45) is -3.91. The topological polar surface area (TPSA) is 33.5 Å². The molecule has 0 spiro atoms. The maximum Gasteiger partial charge on any atom is 0.416 e. The molecule has 2 rings (SSSR count). The molecule has 0 bridgehead atoms. The Morgan fingerprint density at radius 3 is 2.32 bits per heavy atom. The molecule has 0 unspecified atom stereocenters. The number of halogens is 3. The van der Waals surface area contributed by atoms with Gasteiger partial charge in [0.2, 0.25) is 0 Å². The number of benzene rings is 1. The Morgan fingerprint density at radius 2 is 1.82 bits per heavy atom. The third kappa shape index (κ3) is 3.16. The molecule has 0 aliphatic rings. The summed E-state index contributed by atoms with van der Waals surface area (Å²) < 4.78 is 44.2. The molecular weight excluding hydrogens is 295 g/mol. The smallest absolute Gasteiger partial charge is 0.416 e. The summed E-state index contributed by atoms with van der Waals surface area (Å²) in [6, 6.07) is 6.50. The number of furan rings is 1. The van der Waals surface area contributed by atoms with E-state index in [2.05, 4.69) is 0 Å². The van der Waals surface area contributed by atoms with Crippen LogP contribution >= 0.6 is 0 Å². The highest BCUT2D eigenvalue weighted by atomic mass is 19.4. The molecule has 1 aromatic heterocycles. The second kappa shape index (κ2) is 6.25. The number of hydrogen-bond donors (Lipinski definition) is 0. The minimum absolute atomic E-state index is 0.0814. The van der Waals surface area contributed by atoms with Gasteiger partial charge in [0.05, 0.1) is 5.56 Å². The van der Waals surface area contributed by atoms with Gasteiger partial charge in [-0.1, -0.05) is 0 Å². The Labute approximate surface area is 126 Å². The molecular formula is C16H16F3NO2. The van der Waals surface area contributed by atoms with Crippen LogP contribution in [0, 0.1) is 0 Å². The van der Waals surface area contributed by atoms with Crippen LogP contribution in [0.2, 0.25) is 0 Å². The number of hydrogen-bond acceptors (Lipinski definition) is 3. The second-order valence-corrected chi connectivity index (χ2v) is 4.72. The van der Waals surface area contributed by atoms with Gasteiger partial charge in [-0.3, -0.25) is 4.79 Å². The predicted molar refractivity (Wildman–Crippen MR) is 78.1 cm³/mol.